The normalized spacial score (nSPS) is 24.1. The minimum Gasteiger partial charge on any atom is -0.469 e. The second-order valence-electron chi connectivity index (χ2n) is 4.06. The van der Waals surface area contributed by atoms with Gasteiger partial charge < -0.3 is 14.2 Å². The van der Waals surface area contributed by atoms with Crippen LogP contribution in [0.3, 0.4) is 0 Å². The van der Waals surface area contributed by atoms with E-state index in [2.05, 4.69) is 10.1 Å². The molecule has 1 atom stereocenters. The highest BCUT2D eigenvalue weighted by atomic mass is 16.5. The smallest absolute Gasteiger partial charge is 0.307 e. The van der Waals surface area contributed by atoms with Gasteiger partial charge in [-0.25, -0.2) is 0 Å². The van der Waals surface area contributed by atoms with Crippen molar-refractivity contribution < 1.29 is 19.0 Å². The summed E-state index contributed by atoms with van der Waals surface area (Å²) in [5, 5.41) is 3.27. The van der Waals surface area contributed by atoms with Crippen LogP contribution in [0.25, 0.3) is 0 Å². The Morgan fingerprint density at radius 1 is 1.60 bits per heavy atom. The first-order valence-corrected chi connectivity index (χ1v) is 5.10. The van der Waals surface area contributed by atoms with Crippen LogP contribution in [-0.2, 0) is 19.0 Å². The van der Waals surface area contributed by atoms with E-state index in [0.717, 1.165) is 0 Å². The summed E-state index contributed by atoms with van der Waals surface area (Å²) in [7, 11) is 1.37. The molecule has 1 rings (SSSR count). The number of hydrogen-bond donors (Lipinski definition) is 1. The lowest BCUT2D eigenvalue weighted by Gasteiger charge is -2.18. The SMILES string of the molecule is COC(=O)CCOC[C@@H]1COC(C)(C)N1. The molecule has 0 saturated carbocycles. The summed E-state index contributed by atoms with van der Waals surface area (Å²) < 4.78 is 15.3. The Bertz CT molecular complexity index is 217. The molecule has 1 heterocycles. The topological polar surface area (TPSA) is 56.8 Å². The van der Waals surface area contributed by atoms with Crippen LogP contribution < -0.4 is 5.32 Å². The molecule has 1 aliphatic heterocycles. The van der Waals surface area contributed by atoms with E-state index in [9.17, 15) is 4.79 Å². The molecule has 15 heavy (non-hydrogen) atoms. The van der Waals surface area contributed by atoms with Crippen molar-refractivity contribution in [2.45, 2.75) is 32.0 Å². The molecule has 0 bridgehead atoms. The summed E-state index contributed by atoms with van der Waals surface area (Å²) in [6, 6.07) is 0.206. The zero-order valence-electron chi connectivity index (χ0n) is 9.54. The maximum atomic E-state index is 10.8. The Labute approximate surface area is 90.1 Å². The lowest BCUT2D eigenvalue weighted by atomic mass is 10.3. The van der Waals surface area contributed by atoms with Crippen LogP contribution in [0.1, 0.15) is 20.3 Å². The van der Waals surface area contributed by atoms with E-state index in [-0.39, 0.29) is 17.7 Å². The molecule has 1 fully saturated rings. The maximum Gasteiger partial charge on any atom is 0.307 e. The van der Waals surface area contributed by atoms with E-state index in [1.807, 2.05) is 13.8 Å². The van der Waals surface area contributed by atoms with Crippen molar-refractivity contribution in [2.75, 3.05) is 26.9 Å². The standard InChI is InChI=1S/C10H19NO4/c1-10(2)11-8(7-15-10)6-14-5-4-9(12)13-3/h8,11H,4-7H2,1-3H3/t8-/m1/s1. The van der Waals surface area contributed by atoms with E-state index in [1.54, 1.807) is 0 Å². The lowest BCUT2D eigenvalue weighted by Crippen LogP contribution is -2.40. The van der Waals surface area contributed by atoms with Gasteiger partial charge in [-0.15, -0.1) is 0 Å². The molecule has 1 aliphatic rings. The predicted molar refractivity (Wildman–Crippen MR) is 54.4 cm³/mol. The molecule has 0 spiro atoms. The van der Waals surface area contributed by atoms with Gasteiger partial charge in [0, 0.05) is 0 Å². The van der Waals surface area contributed by atoms with E-state index in [4.69, 9.17) is 9.47 Å². The zero-order chi connectivity index (χ0) is 11.3. The highest BCUT2D eigenvalue weighted by Crippen LogP contribution is 2.14. The van der Waals surface area contributed by atoms with Crippen LogP contribution >= 0.6 is 0 Å². The van der Waals surface area contributed by atoms with Gasteiger partial charge in [0.1, 0.15) is 5.72 Å². The van der Waals surface area contributed by atoms with Gasteiger partial charge in [-0.1, -0.05) is 0 Å². The van der Waals surface area contributed by atoms with Crippen molar-refractivity contribution in [2.24, 2.45) is 0 Å². The molecule has 5 nitrogen and oxygen atoms in total. The largest absolute Gasteiger partial charge is 0.469 e. The Hall–Kier alpha value is -0.650. The number of carbonyl (C=O) groups is 1. The van der Waals surface area contributed by atoms with Gasteiger partial charge in [-0.2, -0.15) is 0 Å². The molecule has 0 unspecified atom stereocenters. The minimum atomic E-state index is -0.267. The molecule has 1 N–H and O–H groups in total. The fourth-order valence-electron chi connectivity index (χ4n) is 1.46. The third kappa shape index (κ3) is 4.59. The Balaban J connectivity index is 2.04. The van der Waals surface area contributed by atoms with Crippen molar-refractivity contribution in [3.8, 4) is 0 Å². The van der Waals surface area contributed by atoms with E-state index < -0.39 is 0 Å². The predicted octanol–water partition coefficient (Wildman–Crippen LogP) is 0.291. The Kier molecular flexibility index (Phi) is 4.50. The van der Waals surface area contributed by atoms with E-state index >= 15 is 0 Å². The van der Waals surface area contributed by atoms with Gasteiger partial charge in [0.15, 0.2) is 0 Å². The number of methoxy groups -OCH3 is 1. The number of ether oxygens (including phenoxy) is 3. The molecule has 0 aromatic carbocycles. The molecule has 0 aromatic heterocycles. The average Bonchev–Trinajstić information content (AvgIpc) is 2.52. The van der Waals surface area contributed by atoms with Crippen molar-refractivity contribution >= 4 is 5.97 Å². The first-order chi connectivity index (χ1) is 7.03. The zero-order valence-corrected chi connectivity index (χ0v) is 9.54. The third-order valence-electron chi connectivity index (χ3n) is 2.19. The van der Waals surface area contributed by atoms with Gasteiger partial charge in [0.2, 0.25) is 0 Å². The molecule has 0 aromatic rings. The number of esters is 1. The van der Waals surface area contributed by atoms with Crippen LogP contribution in [0.5, 0.6) is 0 Å². The molecule has 88 valence electrons. The number of nitrogens with one attached hydrogen (secondary N) is 1. The Morgan fingerprint density at radius 2 is 2.33 bits per heavy atom. The van der Waals surface area contributed by atoms with E-state index in [0.29, 0.717) is 26.2 Å². The molecular weight excluding hydrogens is 198 g/mol. The lowest BCUT2D eigenvalue weighted by molar-refractivity contribution is -0.141. The molecule has 0 radical (unpaired) electrons. The third-order valence-corrected chi connectivity index (χ3v) is 2.19. The maximum absolute atomic E-state index is 10.8. The van der Waals surface area contributed by atoms with Gasteiger partial charge in [0.25, 0.3) is 0 Å². The fraction of sp³-hybridized carbons (Fsp3) is 0.900. The summed E-state index contributed by atoms with van der Waals surface area (Å²) in [5.74, 6) is -0.244. The van der Waals surface area contributed by atoms with Crippen LogP contribution in [-0.4, -0.2) is 44.7 Å². The highest BCUT2D eigenvalue weighted by molar-refractivity contribution is 5.69. The quantitative estimate of drug-likeness (QED) is 0.530. The summed E-state index contributed by atoms with van der Waals surface area (Å²) in [5.41, 5.74) is -0.267. The Morgan fingerprint density at radius 3 is 2.87 bits per heavy atom. The first-order valence-electron chi connectivity index (χ1n) is 5.10. The summed E-state index contributed by atoms with van der Waals surface area (Å²) in [6.07, 6.45) is 0.299. The van der Waals surface area contributed by atoms with Crippen LogP contribution in [0, 0.1) is 0 Å². The summed E-state index contributed by atoms with van der Waals surface area (Å²) in [6.45, 7) is 5.54. The number of hydrogen-bond acceptors (Lipinski definition) is 5. The molecule has 0 amide bonds. The van der Waals surface area contributed by atoms with Gasteiger partial charge >= 0.3 is 5.97 Å². The van der Waals surface area contributed by atoms with Crippen LogP contribution in [0.2, 0.25) is 0 Å². The molecule has 0 aliphatic carbocycles. The fourth-order valence-corrected chi connectivity index (χ4v) is 1.46. The van der Waals surface area contributed by atoms with Crippen molar-refractivity contribution in [3.05, 3.63) is 0 Å². The number of rotatable bonds is 5. The molecule has 5 heteroatoms. The second-order valence-corrected chi connectivity index (χ2v) is 4.06. The van der Waals surface area contributed by atoms with Gasteiger partial charge in [-0.3, -0.25) is 10.1 Å². The summed E-state index contributed by atoms with van der Waals surface area (Å²) >= 11 is 0. The van der Waals surface area contributed by atoms with Crippen LogP contribution in [0.15, 0.2) is 0 Å². The molecular formula is C10H19NO4. The van der Waals surface area contributed by atoms with Crippen molar-refractivity contribution in [1.82, 2.24) is 5.32 Å². The minimum absolute atomic E-state index is 0.206. The number of carbonyl (C=O) groups excluding carboxylic acids is 1. The van der Waals surface area contributed by atoms with Crippen molar-refractivity contribution in [1.29, 1.82) is 0 Å². The van der Waals surface area contributed by atoms with Gasteiger partial charge in [-0.05, 0) is 13.8 Å². The first kappa shape index (κ1) is 12.4. The highest BCUT2D eigenvalue weighted by Gasteiger charge is 2.30. The monoisotopic (exact) mass is 217 g/mol. The van der Waals surface area contributed by atoms with Crippen LogP contribution in [0.4, 0.5) is 0 Å². The average molecular weight is 217 g/mol. The van der Waals surface area contributed by atoms with Crippen molar-refractivity contribution in [3.63, 3.8) is 0 Å². The van der Waals surface area contributed by atoms with Gasteiger partial charge in [0.05, 0.1) is 39.4 Å². The summed E-state index contributed by atoms with van der Waals surface area (Å²) in [4.78, 5) is 10.8. The molecule has 1 saturated heterocycles. The second kappa shape index (κ2) is 5.44. The van der Waals surface area contributed by atoms with E-state index in [1.165, 1.54) is 7.11 Å².